The van der Waals surface area contributed by atoms with Gasteiger partial charge in [-0.05, 0) is 38.5 Å². The molecule has 0 spiro atoms. The number of unbranched alkanes of at least 4 members (excludes halogenated alkanes) is 23. The first-order chi connectivity index (χ1) is 19.1. The van der Waals surface area contributed by atoms with E-state index in [9.17, 15) is 9.59 Å². The zero-order valence-electron chi connectivity index (χ0n) is 26.5. The summed E-state index contributed by atoms with van der Waals surface area (Å²) in [6.45, 7) is 4.54. The van der Waals surface area contributed by atoms with Crippen molar-refractivity contribution in [3.63, 3.8) is 0 Å². The van der Waals surface area contributed by atoms with Crippen LogP contribution in [0.2, 0.25) is 0 Å². The third-order valence-electron chi connectivity index (χ3n) is 8.08. The molecule has 0 aliphatic rings. The van der Waals surface area contributed by atoms with Crippen LogP contribution < -0.4 is 0 Å². The maximum Gasteiger partial charge on any atom is 0.306 e. The second kappa shape index (κ2) is 31.5. The monoisotopic (exact) mass is 553 g/mol. The van der Waals surface area contributed by atoms with Gasteiger partial charge >= 0.3 is 11.9 Å². The Bertz CT molecular complexity index is 519. The van der Waals surface area contributed by atoms with Crippen LogP contribution in [0.3, 0.4) is 0 Å². The Morgan fingerprint density at radius 2 is 0.769 bits per heavy atom. The minimum absolute atomic E-state index is 0.0352. The molecular formula is C35H68O4. The zero-order valence-corrected chi connectivity index (χ0v) is 26.5. The van der Waals surface area contributed by atoms with Crippen LogP contribution in [0.25, 0.3) is 0 Å². The fourth-order valence-corrected chi connectivity index (χ4v) is 5.48. The van der Waals surface area contributed by atoms with Crippen LogP contribution in [0.5, 0.6) is 0 Å². The fourth-order valence-electron chi connectivity index (χ4n) is 5.48. The van der Waals surface area contributed by atoms with E-state index in [2.05, 4.69) is 13.8 Å². The van der Waals surface area contributed by atoms with Gasteiger partial charge in [-0.2, -0.15) is 0 Å². The molecule has 232 valence electrons. The highest BCUT2D eigenvalue weighted by molar-refractivity contribution is 5.69. The number of esters is 1. The van der Waals surface area contributed by atoms with Crippen LogP contribution in [-0.4, -0.2) is 23.1 Å². The summed E-state index contributed by atoms with van der Waals surface area (Å²) in [4.78, 5) is 23.3. The first-order valence-corrected chi connectivity index (χ1v) is 17.5. The SMILES string of the molecule is CCCCCCCCCCCCCCCCC(=O)OC(CCCCCCCCCCCC)CCCCC(=O)O. The number of carbonyl (C=O) groups excluding carboxylic acids is 1. The quantitative estimate of drug-likeness (QED) is 0.0665. The normalized spacial score (nSPS) is 12.1. The van der Waals surface area contributed by atoms with E-state index in [0.29, 0.717) is 12.8 Å². The van der Waals surface area contributed by atoms with Crippen molar-refractivity contribution in [2.45, 2.75) is 213 Å². The minimum atomic E-state index is -0.740. The smallest absolute Gasteiger partial charge is 0.306 e. The molecule has 0 aromatic rings. The summed E-state index contributed by atoms with van der Waals surface area (Å²) < 4.78 is 5.87. The Morgan fingerprint density at radius 1 is 0.462 bits per heavy atom. The lowest BCUT2D eigenvalue weighted by Gasteiger charge is -2.18. The summed E-state index contributed by atoms with van der Waals surface area (Å²) in [7, 11) is 0. The maximum absolute atomic E-state index is 12.5. The molecule has 4 heteroatoms. The molecule has 1 atom stereocenters. The van der Waals surface area contributed by atoms with Crippen molar-refractivity contribution in [1.82, 2.24) is 0 Å². The van der Waals surface area contributed by atoms with Gasteiger partial charge < -0.3 is 9.84 Å². The molecule has 0 aliphatic heterocycles. The minimum Gasteiger partial charge on any atom is -0.481 e. The summed E-state index contributed by atoms with van der Waals surface area (Å²) in [5, 5.41) is 8.90. The van der Waals surface area contributed by atoms with Crippen molar-refractivity contribution < 1.29 is 19.4 Å². The number of rotatable bonds is 32. The molecule has 1 unspecified atom stereocenters. The second-order valence-electron chi connectivity index (χ2n) is 12.1. The molecule has 0 aromatic carbocycles. The summed E-state index contributed by atoms with van der Waals surface area (Å²) in [5.41, 5.74) is 0. The van der Waals surface area contributed by atoms with Gasteiger partial charge in [-0.15, -0.1) is 0 Å². The highest BCUT2D eigenvalue weighted by Crippen LogP contribution is 2.18. The number of carboxylic acids is 1. The molecule has 0 saturated carbocycles. The third-order valence-corrected chi connectivity index (χ3v) is 8.08. The number of carboxylic acid groups (broad SMARTS) is 1. The van der Waals surface area contributed by atoms with Gasteiger partial charge in [0.25, 0.3) is 0 Å². The zero-order chi connectivity index (χ0) is 28.7. The van der Waals surface area contributed by atoms with Gasteiger partial charge in [-0.1, -0.05) is 155 Å². The van der Waals surface area contributed by atoms with Gasteiger partial charge in [0.15, 0.2) is 0 Å². The van der Waals surface area contributed by atoms with Crippen molar-refractivity contribution in [3.8, 4) is 0 Å². The topological polar surface area (TPSA) is 63.6 Å². The van der Waals surface area contributed by atoms with Crippen LogP contribution in [0, 0.1) is 0 Å². The van der Waals surface area contributed by atoms with Crippen molar-refractivity contribution in [1.29, 1.82) is 0 Å². The molecule has 0 amide bonds. The molecule has 0 radical (unpaired) electrons. The van der Waals surface area contributed by atoms with Gasteiger partial charge in [-0.25, -0.2) is 0 Å². The number of aliphatic carboxylic acids is 1. The molecule has 39 heavy (non-hydrogen) atoms. The number of ether oxygens (including phenoxy) is 1. The van der Waals surface area contributed by atoms with E-state index in [1.54, 1.807) is 0 Å². The molecule has 0 fully saturated rings. The standard InChI is InChI=1S/C35H68O4/c1-3-5-7-9-11-13-15-16-17-18-20-22-24-26-32-35(38)39-33(30-27-28-31-34(36)37)29-25-23-21-19-14-12-10-8-6-4-2/h33H,3-32H2,1-2H3,(H,36,37). The van der Waals surface area contributed by atoms with E-state index in [4.69, 9.17) is 9.84 Å². The number of carbonyl (C=O) groups is 2. The van der Waals surface area contributed by atoms with E-state index in [1.165, 1.54) is 135 Å². The second-order valence-corrected chi connectivity index (χ2v) is 12.1. The summed E-state index contributed by atoms with van der Waals surface area (Å²) >= 11 is 0. The fraction of sp³-hybridized carbons (Fsp3) is 0.943. The number of hydrogen-bond acceptors (Lipinski definition) is 3. The molecule has 0 aliphatic carbocycles. The third kappa shape index (κ3) is 31.3. The van der Waals surface area contributed by atoms with E-state index >= 15 is 0 Å². The molecular weight excluding hydrogens is 484 g/mol. The lowest BCUT2D eigenvalue weighted by atomic mass is 10.0. The molecule has 0 aromatic heterocycles. The Kier molecular flexibility index (Phi) is 30.6. The van der Waals surface area contributed by atoms with Crippen LogP contribution in [-0.2, 0) is 14.3 Å². The van der Waals surface area contributed by atoms with Crippen molar-refractivity contribution >= 4 is 11.9 Å². The van der Waals surface area contributed by atoms with Gasteiger partial charge in [0, 0.05) is 12.8 Å². The maximum atomic E-state index is 12.5. The number of hydrogen-bond donors (Lipinski definition) is 1. The highest BCUT2D eigenvalue weighted by Gasteiger charge is 2.14. The van der Waals surface area contributed by atoms with Gasteiger partial charge in [0.05, 0.1) is 0 Å². The Balaban J connectivity index is 3.85. The van der Waals surface area contributed by atoms with E-state index in [-0.39, 0.29) is 18.5 Å². The molecule has 0 bridgehead atoms. The van der Waals surface area contributed by atoms with E-state index in [0.717, 1.165) is 38.5 Å². The largest absolute Gasteiger partial charge is 0.481 e. The van der Waals surface area contributed by atoms with Gasteiger partial charge in [0.1, 0.15) is 6.10 Å². The lowest BCUT2D eigenvalue weighted by Crippen LogP contribution is -2.18. The molecule has 4 nitrogen and oxygen atoms in total. The Labute approximate surface area is 243 Å². The predicted molar refractivity (Wildman–Crippen MR) is 167 cm³/mol. The average Bonchev–Trinajstić information content (AvgIpc) is 2.92. The van der Waals surface area contributed by atoms with Crippen molar-refractivity contribution in [2.75, 3.05) is 0 Å². The van der Waals surface area contributed by atoms with Crippen molar-refractivity contribution in [2.24, 2.45) is 0 Å². The molecule has 0 saturated heterocycles. The first-order valence-electron chi connectivity index (χ1n) is 17.5. The Hall–Kier alpha value is -1.06. The summed E-state index contributed by atoms with van der Waals surface area (Å²) in [6.07, 6.45) is 35.4. The van der Waals surface area contributed by atoms with Crippen LogP contribution in [0.4, 0.5) is 0 Å². The molecule has 1 N–H and O–H groups in total. The van der Waals surface area contributed by atoms with Crippen LogP contribution in [0.1, 0.15) is 206 Å². The van der Waals surface area contributed by atoms with Gasteiger partial charge in [-0.3, -0.25) is 9.59 Å². The highest BCUT2D eigenvalue weighted by atomic mass is 16.5. The lowest BCUT2D eigenvalue weighted by molar-refractivity contribution is -0.150. The summed E-state index contributed by atoms with van der Waals surface area (Å²) in [6, 6.07) is 0. The average molecular weight is 553 g/mol. The summed E-state index contributed by atoms with van der Waals surface area (Å²) in [5.74, 6) is -0.791. The van der Waals surface area contributed by atoms with Gasteiger partial charge in [0.2, 0.25) is 0 Å². The van der Waals surface area contributed by atoms with E-state index < -0.39 is 5.97 Å². The Morgan fingerprint density at radius 3 is 1.15 bits per heavy atom. The first kappa shape index (κ1) is 37.9. The molecule has 0 heterocycles. The molecule has 0 rings (SSSR count). The van der Waals surface area contributed by atoms with Crippen molar-refractivity contribution in [3.05, 3.63) is 0 Å². The van der Waals surface area contributed by atoms with E-state index in [1.807, 2.05) is 0 Å². The van der Waals surface area contributed by atoms with Crippen LogP contribution in [0.15, 0.2) is 0 Å². The van der Waals surface area contributed by atoms with Crippen LogP contribution >= 0.6 is 0 Å². The predicted octanol–water partition coefficient (Wildman–Crippen LogP) is 11.7.